The molecule has 106 valence electrons. The quantitative estimate of drug-likeness (QED) is 0.493. The monoisotopic (exact) mass is 269 g/mol. The molecule has 5 N–H and O–H groups in total. The van der Waals surface area contributed by atoms with Crippen molar-refractivity contribution < 1.29 is 25.2 Å². The Labute approximate surface area is 111 Å². The van der Waals surface area contributed by atoms with Gasteiger partial charge in [-0.1, -0.05) is 17.7 Å². The van der Waals surface area contributed by atoms with Crippen molar-refractivity contribution in [3.8, 4) is 0 Å². The summed E-state index contributed by atoms with van der Waals surface area (Å²) in [4.78, 5) is 0. The summed E-state index contributed by atoms with van der Waals surface area (Å²) in [6.07, 6.45) is -5.77. The number of benzene rings is 1. The first-order valence-corrected chi connectivity index (χ1v) is 6.16. The van der Waals surface area contributed by atoms with Crippen LogP contribution in [0.5, 0.6) is 0 Å². The lowest BCUT2D eigenvalue weighted by Gasteiger charge is -2.40. The lowest BCUT2D eigenvalue weighted by Crippen LogP contribution is -2.60. The van der Waals surface area contributed by atoms with Crippen LogP contribution >= 0.6 is 0 Å². The van der Waals surface area contributed by atoms with E-state index in [9.17, 15) is 15.3 Å². The molecule has 19 heavy (non-hydrogen) atoms. The van der Waals surface area contributed by atoms with Gasteiger partial charge in [0.1, 0.15) is 24.4 Å². The average Bonchev–Trinajstić information content (AvgIpc) is 2.42. The maximum Gasteiger partial charge on any atom is 0.157 e. The van der Waals surface area contributed by atoms with Crippen molar-refractivity contribution in [1.29, 1.82) is 0 Å². The largest absolute Gasteiger partial charge is 0.394 e. The zero-order chi connectivity index (χ0) is 14.0. The molecule has 0 aliphatic carbocycles. The normalized spacial score (nSPS) is 35.1. The summed E-state index contributed by atoms with van der Waals surface area (Å²) < 4.78 is 5.34. The molecular weight excluding hydrogens is 250 g/mol. The van der Waals surface area contributed by atoms with E-state index < -0.39 is 37.3 Å². The van der Waals surface area contributed by atoms with E-state index in [0.29, 0.717) is 0 Å². The van der Waals surface area contributed by atoms with E-state index in [1.807, 2.05) is 31.2 Å². The molecule has 6 heteroatoms. The molecule has 0 radical (unpaired) electrons. The third kappa shape index (κ3) is 3.05. The molecule has 1 aliphatic heterocycles. The Bertz CT molecular complexity index is 408. The first kappa shape index (κ1) is 14.2. The second kappa shape index (κ2) is 5.85. The van der Waals surface area contributed by atoms with Gasteiger partial charge in [0, 0.05) is 5.69 Å². The van der Waals surface area contributed by atoms with Gasteiger partial charge in [-0.3, -0.25) is 0 Å². The molecule has 1 saturated heterocycles. The van der Waals surface area contributed by atoms with Crippen molar-refractivity contribution in [1.82, 2.24) is 0 Å². The molecule has 1 fully saturated rings. The molecule has 5 atom stereocenters. The molecule has 0 aromatic heterocycles. The van der Waals surface area contributed by atoms with Crippen LogP contribution < -0.4 is 5.32 Å². The maximum atomic E-state index is 9.86. The highest BCUT2D eigenvalue weighted by molar-refractivity contribution is 5.45. The Hall–Kier alpha value is -1.18. The van der Waals surface area contributed by atoms with Crippen molar-refractivity contribution in [2.45, 2.75) is 37.6 Å². The number of aliphatic hydroxyl groups is 4. The van der Waals surface area contributed by atoms with Crippen LogP contribution in [0.25, 0.3) is 0 Å². The van der Waals surface area contributed by atoms with Crippen LogP contribution in [0.15, 0.2) is 24.3 Å². The number of aryl methyl sites for hydroxylation is 1. The number of rotatable bonds is 3. The minimum atomic E-state index is -1.37. The Morgan fingerprint density at radius 2 is 1.68 bits per heavy atom. The molecule has 1 aliphatic rings. The fraction of sp³-hybridized carbons (Fsp3) is 0.538. The van der Waals surface area contributed by atoms with Gasteiger partial charge >= 0.3 is 0 Å². The summed E-state index contributed by atoms with van der Waals surface area (Å²) in [6.45, 7) is 1.52. The van der Waals surface area contributed by atoms with E-state index in [1.54, 1.807) is 0 Å². The van der Waals surface area contributed by atoms with Crippen LogP contribution in [0.1, 0.15) is 5.56 Å². The summed E-state index contributed by atoms with van der Waals surface area (Å²) in [5.74, 6) is 0. The predicted molar refractivity (Wildman–Crippen MR) is 68.6 cm³/mol. The second-order valence-corrected chi connectivity index (χ2v) is 4.76. The van der Waals surface area contributed by atoms with Gasteiger partial charge in [-0.2, -0.15) is 0 Å². The molecule has 1 aromatic carbocycles. The standard InChI is InChI=1S/C13H19NO5/c1-7-2-4-8(5-3-7)14-13-12(18)11(17)10(16)9(6-15)19-13/h2-5,9-18H,6H2,1H3/t9-,10+,11-,12+,13-/m1/s1. The summed E-state index contributed by atoms with van der Waals surface area (Å²) in [5, 5.41) is 41.2. The van der Waals surface area contributed by atoms with Crippen molar-refractivity contribution in [2.24, 2.45) is 0 Å². The molecular formula is C13H19NO5. The first-order valence-electron chi connectivity index (χ1n) is 6.16. The summed E-state index contributed by atoms with van der Waals surface area (Å²) in [7, 11) is 0. The van der Waals surface area contributed by atoms with Gasteiger partial charge in [-0.05, 0) is 19.1 Å². The summed E-state index contributed by atoms with van der Waals surface area (Å²) in [6, 6.07) is 7.42. The predicted octanol–water partition coefficient (Wildman–Crippen LogP) is -0.793. The molecule has 1 heterocycles. The number of ether oxygens (including phenoxy) is 1. The molecule has 2 rings (SSSR count). The Kier molecular flexibility index (Phi) is 4.38. The van der Waals surface area contributed by atoms with Crippen molar-refractivity contribution in [3.63, 3.8) is 0 Å². The number of nitrogens with one attached hydrogen (secondary N) is 1. The second-order valence-electron chi connectivity index (χ2n) is 4.76. The van der Waals surface area contributed by atoms with E-state index >= 15 is 0 Å². The Morgan fingerprint density at radius 3 is 2.26 bits per heavy atom. The average molecular weight is 269 g/mol. The Balaban J connectivity index is 2.08. The minimum absolute atomic E-state index is 0.434. The number of hydrogen-bond acceptors (Lipinski definition) is 6. The van der Waals surface area contributed by atoms with Crippen LogP contribution in [0.2, 0.25) is 0 Å². The third-order valence-electron chi connectivity index (χ3n) is 3.25. The van der Waals surface area contributed by atoms with Gasteiger partial charge in [-0.15, -0.1) is 0 Å². The van der Waals surface area contributed by atoms with Crippen molar-refractivity contribution >= 4 is 5.69 Å². The molecule has 0 bridgehead atoms. The lowest BCUT2D eigenvalue weighted by molar-refractivity contribution is -0.221. The van der Waals surface area contributed by atoms with Crippen molar-refractivity contribution in [2.75, 3.05) is 11.9 Å². The number of hydrogen-bond donors (Lipinski definition) is 5. The van der Waals surface area contributed by atoms with Crippen LogP contribution in [0.4, 0.5) is 5.69 Å². The number of anilines is 1. The van der Waals surface area contributed by atoms with Crippen LogP contribution in [-0.2, 0) is 4.74 Å². The van der Waals surface area contributed by atoms with E-state index in [0.717, 1.165) is 11.3 Å². The first-order chi connectivity index (χ1) is 9.02. The molecule has 0 amide bonds. The molecule has 0 saturated carbocycles. The highest BCUT2D eigenvalue weighted by atomic mass is 16.6. The van der Waals surface area contributed by atoms with Crippen molar-refractivity contribution in [3.05, 3.63) is 29.8 Å². The third-order valence-corrected chi connectivity index (χ3v) is 3.25. The minimum Gasteiger partial charge on any atom is -0.394 e. The van der Waals surface area contributed by atoms with Gasteiger partial charge in [0.15, 0.2) is 6.23 Å². The van der Waals surface area contributed by atoms with Crippen LogP contribution in [0.3, 0.4) is 0 Å². The van der Waals surface area contributed by atoms with E-state index in [-0.39, 0.29) is 0 Å². The molecule has 0 spiro atoms. The summed E-state index contributed by atoms with van der Waals surface area (Å²) in [5.41, 5.74) is 1.81. The van der Waals surface area contributed by atoms with Gasteiger partial charge < -0.3 is 30.5 Å². The van der Waals surface area contributed by atoms with E-state index in [4.69, 9.17) is 9.84 Å². The topological polar surface area (TPSA) is 102 Å². The van der Waals surface area contributed by atoms with Crippen LogP contribution in [-0.4, -0.2) is 57.7 Å². The zero-order valence-corrected chi connectivity index (χ0v) is 10.6. The lowest BCUT2D eigenvalue weighted by atomic mass is 9.98. The number of aliphatic hydroxyl groups excluding tert-OH is 4. The highest BCUT2D eigenvalue weighted by Gasteiger charge is 2.43. The molecule has 0 unspecified atom stereocenters. The van der Waals surface area contributed by atoms with E-state index in [1.165, 1.54) is 0 Å². The van der Waals surface area contributed by atoms with Gasteiger partial charge in [0.05, 0.1) is 6.61 Å². The van der Waals surface area contributed by atoms with Gasteiger partial charge in [0.25, 0.3) is 0 Å². The molecule has 1 aromatic rings. The fourth-order valence-corrected chi connectivity index (χ4v) is 2.03. The molecule has 6 nitrogen and oxygen atoms in total. The SMILES string of the molecule is Cc1ccc(N[C@@H]2O[C@H](CO)[C@H](O)[C@@H](O)[C@@H]2O)cc1. The zero-order valence-electron chi connectivity index (χ0n) is 10.6. The smallest absolute Gasteiger partial charge is 0.157 e. The van der Waals surface area contributed by atoms with Gasteiger partial charge in [-0.25, -0.2) is 0 Å². The fourth-order valence-electron chi connectivity index (χ4n) is 2.03. The van der Waals surface area contributed by atoms with Crippen LogP contribution in [0, 0.1) is 6.92 Å². The van der Waals surface area contributed by atoms with Gasteiger partial charge in [0.2, 0.25) is 0 Å². The maximum absolute atomic E-state index is 9.86. The summed E-state index contributed by atoms with van der Waals surface area (Å²) >= 11 is 0. The highest BCUT2D eigenvalue weighted by Crippen LogP contribution is 2.22. The van der Waals surface area contributed by atoms with E-state index in [2.05, 4.69) is 5.32 Å². The Morgan fingerprint density at radius 1 is 1.05 bits per heavy atom.